The van der Waals surface area contributed by atoms with Crippen molar-refractivity contribution in [1.82, 2.24) is 14.9 Å². The third-order valence-electron chi connectivity index (χ3n) is 4.35. The monoisotopic (exact) mass is 385 g/mol. The second kappa shape index (κ2) is 9.42. The maximum Gasteiger partial charge on any atom is 0.219 e. The van der Waals surface area contributed by atoms with Crippen LogP contribution in [0.25, 0.3) is 11.0 Å². The van der Waals surface area contributed by atoms with Gasteiger partial charge in [0, 0.05) is 24.4 Å². The minimum Gasteiger partial charge on any atom is -0.492 e. The van der Waals surface area contributed by atoms with E-state index in [0.717, 1.165) is 35.4 Å². The third-order valence-corrected chi connectivity index (χ3v) is 4.60. The van der Waals surface area contributed by atoms with Crippen LogP contribution in [0.4, 0.5) is 0 Å². The highest BCUT2D eigenvalue weighted by Gasteiger charge is 2.10. The fourth-order valence-electron chi connectivity index (χ4n) is 2.95. The van der Waals surface area contributed by atoms with Gasteiger partial charge in [-0.3, -0.25) is 4.79 Å². The van der Waals surface area contributed by atoms with Crippen LogP contribution in [-0.2, 0) is 17.8 Å². The van der Waals surface area contributed by atoms with Gasteiger partial charge >= 0.3 is 0 Å². The molecule has 0 fully saturated rings. The van der Waals surface area contributed by atoms with Crippen molar-refractivity contribution in [3.8, 4) is 5.75 Å². The van der Waals surface area contributed by atoms with Crippen molar-refractivity contribution in [2.75, 3.05) is 13.2 Å². The van der Waals surface area contributed by atoms with Crippen molar-refractivity contribution in [3.63, 3.8) is 0 Å². The molecule has 1 N–H and O–H groups in total. The van der Waals surface area contributed by atoms with Gasteiger partial charge in [0.15, 0.2) is 0 Å². The number of benzene rings is 2. The summed E-state index contributed by atoms with van der Waals surface area (Å²) in [5.74, 6) is 1.90. The number of aromatic nitrogens is 2. The first-order valence-corrected chi connectivity index (χ1v) is 9.64. The number of aryl methyl sites for hydroxylation is 1. The standard InChI is InChI=1S/C21H24ClN3O2/c1-2-21(26)23-13-5-8-20-24-18-6-3-4-7-19(18)25(20)14-15-27-17-11-9-16(22)10-12-17/h3-4,6-7,9-12H,2,5,8,13-15H2,1H3,(H,23,26). The summed E-state index contributed by atoms with van der Waals surface area (Å²) in [5.41, 5.74) is 2.08. The Balaban J connectivity index is 1.64. The average molecular weight is 386 g/mol. The molecule has 1 aromatic heterocycles. The van der Waals surface area contributed by atoms with E-state index >= 15 is 0 Å². The molecule has 0 unspecified atom stereocenters. The lowest BCUT2D eigenvalue weighted by Gasteiger charge is -2.11. The molecule has 142 valence electrons. The Labute approximate surface area is 164 Å². The van der Waals surface area contributed by atoms with E-state index in [1.54, 1.807) is 0 Å². The summed E-state index contributed by atoms with van der Waals surface area (Å²) in [6, 6.07) is 15.5. The van der Waals surface area contributed by atoms with Crippen LogP contribution >= 0.6 is 11.6 Å². The van der Waals surface area contributed by atoms with Crippen LogP contribution in [-0.4, -0.2) is 28.6 Å². The number of para-hydroxylation sites is 2. The lowest BCUT2D eigenvalue weighted by atomic mass is 10.3. The van der Waals surface area contributed by atoms with Gasteiger partial charge < -0.3 is 14.6 Å². The highest BCUT2D eigenvalue weighted by molar-refractivity contribution is 6.30. The van der Waals surface area contributed by atoms with E-state index in [4.69, 9.17) is 21.3 Å². The number of rotatable bonds is 9. The molecular formula is C21H24ClN3O2. The van der Waals surface area contributed by atoms with Crippen molar-refractivity contribution in [2.45, 2.75) is 32.7 Å². The van der Waals surface area contributed by atoms with Crippen LogP contribution in [0.5, 0.6) is 5.75 Å². The summed E-state index contributed by atoms with van der Waals surface area (Å²) < 4.78 is 8.05. The predicted molar refractivity (Wildman–Crippen MR) is 108 cm³/mol. The number of amides is 1. The van der Waals surface area contributed by atoms with Crippen LogP contribution in [0.3, 0.4) is 0 Å². The van der Waals surface area contributed by atoms with Crippen molar-refractivity contribution < 1.29 is 9.53 Å². The fraction of sp³-hybridized carbons (Fsp3) is 0.333. The molecule has 0 aliphatic rings. The first kappa shape index (κ1) is 19.2. The topological polar surface area (TPSA) is 56.2 Å². The molecule has 1 heterocycles. The second-order valence-electron chi connectivity index (χ2n) is 6.28. The number of nitrogens with one attached hydrogen (secondary N) is 1. The summed E-state index contributed by atoms with van der Waals surface area (Å²) >= 11 is 5.91. The normalized spacial score (nSPS) is 10.9. The molecule has 0 aliphatic heterocycles. The molecule has 0 atom stereocenters. The van der Waals surface area contributed by atoms with E-state index < -0.39 is 0 Å². The van der Waals surface area contributed by atoms with E-state index in [-0.39, 0.29) is 5.91 Å². The highest BCUT2D eigenvalue weighted by atomic mass is 35.5. The van der Waals surface area contributed by atoms with E-state index in [1.807, 2.05) is 49.4 Å². The zero-order valence-electron chi connectivity index (χ0n) is 15.5. The zero-order valence-corrected chi connectivity index (χ0v) is 16.2. The van der Waals surface area contributed by atoms with Crippen molar-refractivity contribution in [3.05, 3.63) is 59.4 Å². The Morgan fingerprint density at radius 2 is 1.96 bits per heavy atom. The number of hydrogen-bond donors (Lipinski definition) is 1. The number of imidazole rings is 1. The fourth-order valence-corrected chi connectivity index (χ4v) is 3.08. The first-order chi connectivity index (χ1) is 13.2. The zero-order chi connectivity index (χ0) is 19.1. The lowest BCUT2D eigenvalue weighted by Crippen LogP contribution is -2.23. The lowest BCUT2D eigenvalue weighted by molar-refractivity contribution is -0.120. The summed E-state index contributed by atoms with van der Waals surface area (Å²) in [7, 11) is 0. The summed E-state index contributed by atoms with van der Waals surface area (Å²) in [4.78, 5) is 16.1. The van der Waals surface area contributed by atoms with Crippen molar-refractivity contribution >= 4 is 28.5 Å². The maximum absolute atomic E-state index is 11.4. The number of ether oxygens (including phenoxy) is 1. The molecule has 27 heavy (non-hydrogen) atoms. The van der Waals surface area contributed by atoms with Gasteiger partial charge in [-0.2, -0.15) is 0 Å². The Kier molecular flexibility index (Phi) is 6.71. The number of carbonyl (C=O) groups is 1. The van der Waals surface area contributed by atoms with Gasteiger partial charge in [-0.05, 0) is 42.8 Å². The summed E-state index contributed by atoms with van der Waals surface area (Å²) in [6.45, 7) is 3.77. The van der Waals surface area contributed by atoms with Gasteiger partial charge in [0.25, 0.3) is 0 Å². The van der Waals surface area contributed by atoms with Crippen LogP contribution < -0.4 is 10.1 Å². The van der Waals surface area contributed by atoms with Crippen LogP contribution in [0, 0.1) is 0 Å². The SMILES string of the molecule is CCC(=O)NCCCc1nc2ccccc2n1CCOc1ccc(Cl)cc1. The molecular weight excluding hydrogens is 362 g/mol. The van der Waals surface area contributed by atoms with Crippen LogP contribution in [0.15, 0.2) is 48.5 Å². The second-order valence-corrected chi connectivity index (χ2v) is 6.71. The van der Waals surface area contributed by atoms with Crippen LogP contribution in [0.2, 0.25) is 5.02 Å². The number of halogens is 1. The largest absolute Gasteiger partial charge is 0.492 e. The molecule has 3 aromatic rings. The predicted octanol–water partition coefficient (Wildman–Crippen LogP) is 4.23. The third kappa shape index (κ3) is 5.23. The van der Waals surface area contributed by atoms with Crippen molar-refractivity contribution in [2.24, 2.45) is 0 Å². The Morgan fingerprint density at radius 3 is 2.74 bits per heavy atom. The number of carbonyl (C=O) groups excluding carboxylic acids is 1. The first-order valence-electron chi connectivity index (χ1n) is 9.26. The molecule has 1 amide bonds. The molecule has 0 aliphatic carbocycles. The average Bonchev–Trinajstić information content (AvgIpc) is 3.04. The van der Waals surface area contributed by atoms with Crippen LogP contribution in [0.1, 0.15) is 25.6 Å². The summed E-state index contributed by atoms with van der Waals surface area (Å²) in [5, 5.41) is 3.61. The molecule has 0 bridgehead atoms. The molecule has 0 radical (unpaired) electrons. The Morgan fingerprint density at radius 1 is 1.19 bits per heavy atom. The maximum atomic E-state index is 11.4. The molecule has 3 rings (SSSR count). The molecule has 0 saturated carbocycles. The molecule has 5 nitrogen and oxygen atoms in total. The Bertz CT molecular complexity index is 890. The van der Waals surface area contributed by atoms with Gasteiger partial charge in [-0.25, -0.2) is 4.98 Å². The van der Waals surface area contributed by atoms with Gasteiger partial charge in [-0.1, -0.05) is 30.7 Å². The van der Waals surface area contributed by atoms with Gasteiger partial charge in [0.1, 0.15) is 18.2 Å². The minimum absolute atomic E-state index is 0.0832. The molecule has 0 saturated heterocycles. The molecule has 0 spiro atoms. The number of fused-ring (bicyclic) bond motifs is 1. The van der Waals surface area contributed by atoms with E-state index in [2.05, 4.69) is 16.0 Å². The molecule has 6 heteroatoms. The van der Waals surface area contributed by atoms with Crippen molar-refractivity contribution in [1.29, 1.82) is 0 Å². The smallest absolute Gasteiger partial charge is 0.219 e. The Hall–Kier alpha value is -2.53. The van der Waals surface area contributed by atoms with E-state index in [0.29, 0.717) is 31.1 Å². The summed E-state index contributed by atoms with van der Waals surface area (Å²) in [6.07, 6.45) is 2.17. The van der Waals surface area contributed by atoms with E-state index in [1.165, 1.54) is 0 Å². The van der Waals surface area contributed by atoms with Gasteiger partial charge in [0.05, 0.1) is 17.6 Å². The minimum atomic E-state index is 0.0832. The van der Waals surface area contributed by atoms with E-state index in [9.17, 15) is 4.79 Å². The highest BCUT2D eigenvalue weighted by Crippen LogP contribution is 2.18. The quantitative estimate of drug-likeness (QED) is 0.561. The van der Waals surface area contributed by atoms with Gasteiger partial charge in [-0.15, -0.1) is 0 Å². The molecule has 2 aromatic carbocycles. The number of hydrogen-bond acceptors (Lipinski definition) is 3. The van der Waals surface area contributed by atoms with Gasteiger partial charge in [0.2, 0.25) is 5.91 Å². The number of nitrogens with zero attached hydrogens (tertiary/aromatic N) is 2.